The van der Waals surface area contributed by atoms with Gasteiger partial charge in [-0.1, -0.05) is 44.2 Å². The van der Waals surface area contributed by atoms with E-state index in [0.717, 1.165) is 6.42 Å². The van der Waals surface area contributed by atoms with Crippen molar-refractivity contribution < 1.29 is 43.2 Å². The maximum atomic E-state index is 14.4. The third-order valence-corrected chi connectivity index (χ3v) is 11.7. The smallest absolute Gasteiger partial charge is 0.243 e. The first kappa shape index (κ1) is 64.5. The van der Waals surface area contributed by atoms with Gasteiger partial charge < -0.3 is 92.8 Å². The molecule has 1 aliphatic rings. The highest BCUT2D eigenvalue weighted by Crippen LogP contribution is 2.11. The number of hydrogen-bond donors (Lipinski definition) is 16. The Bertz CT molecular complexity index is 2110. The first-order valence-electron chi connectivity index (χ1n) is 25.7. The Kier molecular flexibility index (Phi) is 30.8. The number of aliphatic imine (C=N–C) groups is 3. The van der Waals surface area contributed by atoms with Gasteiger partial charge in [0.15, 0.2) is 17.9 Å². The minimum Gasteiger partial charge on any atom is -0.370 e. The van der Waals surface area contributed by atoms with Crippen LogP contribution in [0.15, 0.2) is 45.3 Å². The van der Waals surface area contributed by atoms with Crippen LogP contribution in [0.4, 0.5) is 0 Å². The van der Waals surface area contributed by atoms with Gasteiger partial charge >= 0.3 is 0 Å². The predicted molar refractivity (Wildman–Crippen MR) is 287 cm³/mol. The highest BCUT2D eigenvalue weighted by Gasteiger charge is 2.33. The van der Waals surface area contributed by atoms with Crippen LogP contribution >= 0.6 is 0 Å². The fourth-order valence-electron chi connectivity index (χ4n) is 7.85. The number of hydrogen-bond acceptors (Lipinski definition) is 14. The van der Waals surface area contributed by atoms with E-state index in [0.29, 0.717) is 44.1 Å². The Morgan fingerprint density at radius 2 is 1.04 bits per heavy atom. The van der Waals surface area contributed by atoms with Gasteiger partial charge in [-0.05, 0) is 102 Å². The van der Waals surface area contributed by atoms with E-state index in [2.05, 4.69) is 62.8 Å². The average molecular weight is 1070 g/mol. The van der Waals surface area contributed by atoms with Crippen molar-refractivity contribution in [3.05, 3.63) is 35.9 Å². The molecule has 76 heavy (non-hydrogen) atoms. The number of carbonyl (C=O) groups excluding carboxylic acids is 9. The number of nitrogens with two attached hydrogens (primary N) is 7. The number of benzene rings is 1. The Morgan fingerprint density at radius 3 is 1.46 bits per heavy atom. The molecule has 0 radical (unpaired) electrons. The Labute approximate surface area is 443 Å². The Balaban J connectivity index is 2.43. The first-order valence-corrected chi connectivity index (χ1v) is 25.7. The molecule has 23 N–H and O–H groups in total. The molecule has 28 heteroatoms. The van der Waals surface area contributed by atoms with Crippen molar-refractivity contribution in [1.82, 2.24) is 47.9 Å². The van der Waals surface area contributed by atoms with Crippen molar-refractivity contribution in [3.63, 3.8) is 0 Å². The predicted octanol–water partition coefficient (Wildman–Crippen LogP) is -5.34. The van der Waals surface area contributed by atoms with Crippen LogP contribution in [0, 0.1) is 5.92 Å². The molecule has 0 spiro atoms. The van der Waals surface area contributed by atoms with Gasteiger partial charge in [0.05, 0.1) is 25.2 Å². The molecular formula is C48H83N19O9. The lowest BCUT2D eigenvalue weighted by atomic mass is 10.0. The fraction of sp³-hybridized carbons (Fsp3) is 0.625. The number of guanidine groups is 3. The van der Waals surface area contributed by atoms with Crippen LogP contribution in [-0.2, 0) is 49.6 Å². The second kappa shape index (κ2) is 36.3. The molecule has 1 aliphatic heterocycles. The number of rotatable bonds is 37. The largest absolute Gasteiger partial charge is 0.370 e. The average Bonchev–Trinajstić information content (AvgIpc) is 3.92. The van der Waals surface area contributed by atoms with Gasteiger partial charge in [-0.15, -0.1) is 0 Å². The molecule has 1 aromatic rings. The molecule has 1 heterocycles. The second-order valence-corrected chi connectivity index (χ2v) is 18.7. The van der Waals surface area contributed by atoms with Crippen molar-refractivity contribution in [2.75, 3.05) is 45.8 Å². The van der Waals surface area contributed by atoms with E-state index < -0.39 is 90.2 Å². The number of aldehydes is 1. The molecule has 0 aromatic heterocycles. The summed E-state index contributed by atoms with van der Waals surface area (Å²) in [5.74, 6) is -6.11. The van der Waals surface area contributed by atoms with Gasteiger partial charge in [0, 0.05) is 26.1 Å². The number of amides is 8. The van der Waals surface area contributed by atoms with Crippen LogP contribution in [0.5, 0.6) is 0 Å². The zero-order valence-corrected chi connectivity index (χ0v) is 43.8. The van der Waals surface area contributed by atoms with Crippen molar-refractivity contribution in [3.8, 4) is 0 Å². The zero-order chi connectivity index (χ0) is 56.4. The number of nitrogens with one attached hydrogen (secondary N) is 9. The lowest BCUT2D eigenvalue weighted by Crippen LogP contribution is -2.59. The van der Waals surface area contributed by atoms with E-state index in [9.17, 15) is 43.2 Å². The Morgan fingerprint density at radius 1 is 0.592 bits per heavy atom. The van der Waals surface area contributed by atoms with E-state index in [4.69, 9.17) is 40.1 Å². The van der Waals surface area contributed by atoms with Crippen molar-refractivity contribution in [2.24, 2.45) is 61.0 Å². The molecule has 0 saturated carbocycles. The summed E-state index contributed by atoms with van der Waals surface area (Å²) in [4.78, 5) is 133. The van der Waals surface area contributed by atoms with Crippen LogP contribution in [0.2, 0.25) is 0 Å². The van der Waals surface area contributed by atoms with Crippen LogP contribution < -0.4 is 88.0 Å². The topological polar surface area (TPSA) is 481 Å². The van der Waals surface area contributed by atoms with Crippen molar-refractivity contribution in [2.45, 2.75) is 140 Å². The molecule has 0 aliphatic carbocycles. The third kappa shape index (κ3) is 27.6. The van der Waals surface area contributed by atoms with Gasteiger partial charge in [0.1, 0.15) is 36.5 Å². The minimum absolute atomic E-state index is 0.0230. The van der Waals surface area contributed by atoms with Gasteiger partial charge in [0.25, 0.3) is 0 Å². The molecule has 1 saturated heterocycles. The zero-order valence-electron chi connectivity index (χ0n) is 43.8. The highest BCUT2D eigenvalue weighted by atomic mass is 16.2. The maximum Gasteiger partial charge on any atom is 0.243 e. The van der Waals surface area contributed by atoms with E-state index in [1.165, 1.54) is 0 Å². The lowest BCUT2D eigenvalue weighted by Gasteiger charge is -2.27. The van der Waals surface area contributed by atoms with E-state index >= 15 is 0 Å². The van der Waals surface area contributed by atoms with Crippen LogP contribution in [0.3, 0.4) is 0 Å². The highest BCUT2D eigenvalue weighted by molar-refractivity contribution is 5.97. The molecule has 424 valence electrons. The normalized spacial score (nSPS) is 15.1. The first-order chi connectivity index (χ1) is 36.2. The van der Waals surface area contributed by atoms with E-state index in [-0.39, 0.29) is 114 Å². The second-order valence-electron chi connectivity index (χ2n) is 18.7. The monoisotopic (exact) mass is 1070 g/mol. The molecular weight excluding hydrogens is 987 g/mol. The summed E-state index contributed by atoms with van der Waals surface area (Å²) >= 11 is 0. The van der Waals surface area contributed by atoms with E-state index in [1.54, 1.807) is 30.3 Å². The van der Waals surface area contributed by atoms with Gasteiger partial charge in [-0.3, -0.25) is 53.3 Å². The standard InChI is InChI=1S/C48H83N19O9/c1-29(2)24-31(28-68)62-41(72)34(16-9-21-57-46(50)51)64-43(74)35(17-10-22-58-47(52)53)66-44(75)36(18-11-23-59-48(54)55)65-42(73)33(14-6-7-19-49)67-45(76)37(25-30-12-4-3-5-13-30)63-39(70)27-60-38(69)26-61-40(71)32-15-8-20-56-32/h3-5,12-13,28-29,31-37,56H,6-11,14-27,49H2,1-2H3,(H,60,69)(H,61,71)(H,62,72)(H,63,70)(H,64,74)(H,65,73)(H,66,75)(H,67,76)(H4,50,51,57)(H4,52,53,58)(H4,54,55,59)/t31-,32-,33-,34-,35-,36-,37-/m0/s1. The fourth-order valence-corrected chi connectivity index (χ4v) is 7.85. The summed E-state index contributed by atoms with van der Waals surface area (Å²) in [5.41, 5.74) is 39.6. The SMILES string of the molecule is CC(C)C[C@@H](C=O)NC(=O)[C@H](CCCN=C(N)N)NC(=O)[C@H](CCCN=C(N)N)NC(=O)[C@H](CCCN=C(N)N)NC(=O)[C@H](CCCCN)NC(=O)[C@H](Cc1ccccc1)NC(=O)CNC(=O)CNC(=O)[C@@H]1CCCN1. The van der Waals surface area contributed by atoms with Gasteiger partial charge in [-0.2, -0.15) is 0 Å². The van der Waals surface area contributed by atoms with Gasteiger partial charge in [-0.25, -0.2) is 0 Å². The molecule has 1 aromatic carbocycles. The lowest BCUT2D eigenvalue weighted by molar-refractivity contribution is -0.135. The number of carbonyl (C=O) groups is 9. The summed E-state index contributed by atoms with van der Waals surface area (Å²) in [6.45, 7) is 4.01. The number of nitrogens with zero attached hydrogens (tertiary/aromatic N) is 3. The van der Waals surface area contributed by atoms with Gasteiger partial charge in [0.2, 0.25) is 47.3 Å². The number of unbranched alkanes of at least 4 members (excludes halogenated alkanes) is 1. The van der Waals surface area contributed by atoms with Crippen molar-refractivity contribution >= 4 is 71.4 Å². The van der Waals surface area contributed by atoms with Crippen LogP contribution in [0.25, 0.3) is 0 Å². The summed E-state index contributed by atoms with van der Waals surface area (Å²) in [6, 6.07) is 0.996. The maximum absolute atomic E-state index is 14.4. The molecule has 7 atom stereocenters. The minimum atomic E-state index is -1.37. The van der Waals surface area contributed by atoms with Crippen LogP contribution in [-0.4, -0.2) is 160 Å². The summed E-state index contributed by atoms with van der Waals surface area (Å²) in [7, 11) is 0. The molecule has 0 unspecified atom stereocenters. The van der Waals surface area contributed by atoms with Crippen LogP contribution in [0.1, 0.15) is 96.5 Å². The molecule has 1 fully saturated rings. The van der Waals surface area contributed by atoms with E-state index in [1.807, 2.05) is 13.8 Å². The van der Waals surface area contributed by atoms with Crippen molar-refractivity contribution in [1.29, 1.82) is 0 Å². The molecule has 28 nitrogen and oxygen atoms in total. The summed E-state index contributed by atoms with van der Waals surface area (Å²) in [6.07, 6.45) is 3.70. The third-order valence-electron chi connectivity index (χ3n) is 11.7. The Hall–Kier alpha value is -7.62. The molecule has 2 rings (SSSR count). The summed E-state index contributed by atoms with van der Waals surface area (Å²) in [5, 5.41) is 24.1. The molecule has 8 amide bonds. The molecule has 0 bridgehead atoms. The summed E-state index contributed by atoms with van der Waals surface area (Å²) < 4.78 is 0. The quantitative estimate of drug-likeness (QED) is 0.0128.